The highest BCUT2D eigenvalue weighted by Crippen LogP contribution is 2.32. The second kappa shape index (κ2) is 9.87. The summed E-state index contributed by atoms with van der Waals surface area (Å²) in [5, 5.41) is 4.88. The quantitative estimate of drug-likeness (QED) is 0.477. The number of sulfonamides is 1. The highest BCUT2D eigenvalue weighted by atomic mass is 35.5. The van der Waals surface area contributed by atoms with Gasteiger partial charge in [0.2, 0.25) is 10.0 Å². The summed E-state index contributed by atoms with van der Waals surface area (Å²) in [6.07, 6.45) is 4.48. The number of benzene rings is 1. The fourth-order valence-corrected chi connectivity index (χ4v) is 5.66. The molecule has 2 aromatic heterocycles. The first kappa shape index (κ1) is 26.2. The van der Waals surface area contributed by atoms with Gasteiger partial charge in [-0.3, -0.25) is 9.52 Å². The van der Waals surface area contributed by atoms with Gasteiger partial charge >= 0.3 is 0 Å². The number of fused-ring (bicyclic) bond motifs is 1. The maximum Gasteiger partial charge on any atom is 0.256 e. The molecule has 1 aliphatic rings. The third-order valence-electron chi connectivity index (χ3n) is 6.42. The molecular weight excluding hydrogens is 502 g/mol. The van der Waals surface area contributed by atoms with Crippen LogP contribution in [0.1, 0.15) is 53.0 Å². The number of halogens is 1. The number of nitrogens with two attached hydrogens (primary N) is 1. The molecule has 0 radical (unpaired) electrons. The van der Waals surface area contributed by atoms with Crippen LogP contribution in [-0.2, 0) is 10.0 Å². The van der Waals surface area contributed by atoms with Crippen molar-refractivity contribution in [2.75, 3.05) is 36.0 Å². The van der Waals surface area contributed by atoms with E-state index in [9.17, 15) is 13.2 Å². The molecule has 2 atom stereocenters. The molecular formula is C24H32ClN7O3S. The fourth-order valence-electron chi connectivity index (χ4n) is 4.69. The van der Waals surface area contributed by atoms with Crippen LogP contribution >= 0.6 is 11.6 Å². The van der Waals surface area contributed by atoms with E-state index < -0.39 is 10.0 Å². The number of carbonyl (C=O) groups excluding carboxylic acids is 1. The van der Waals surface area contributed by atoms with Crippen LogP contribution in [0.4, 0.5) is 11.5 Å². The molecule has 1 fully saturated rings. The van der Waals surface area contributed by atoms with Crippen molar-refractivity contribution in [3.63, 3.8) is 0 Å². The number of amides is 1. The first-order valence-electron chi connectivity index (χ1n) is 11.8. The van der Waals surface area contributed by atoms with Crippen molar-refractivity contribution in [1.82, 2.24) is 19.5 Å². The Morgan fingerprint density at radius 2 is 2.06 bits per heavy atom. The molecule has 1 amide bonds. The van der Waals surface area contributed by atoms with E-state index in [4.69, 9.17) is 27.4 Å². The maximum absolute atomic E-state index is 13.6. The Morgan fingerprint density at radius 3 is 2.67 bits per heavy atom. The molecule has 0 bridgehead atoms. The van der Waals surface area contributed by atoms with Crippen molar-refractivity contribution in [3.05, 3.63) is 51.8 Å². The first-order valence-corrected chi connectivity index (χ1v) is 14.1. The molecule has 10 nitrogen and oxygen atoms in total. The Kier molecular flexibility index (Phi) is 7.18. The third kappa shape index (κ3) is 5.28. The van der Waals surface area contributed by atoms with Crippen molar-refractivity contribution in [2.24, 2.45) is 5.73 Å². The van der Waals surface area contributed by atoms with E-state index in [1.54, 1.807) is 35.5 Å². The van der Waals surface area contributed by atoms with Gasteiger partial charge in [0.15, 0.2) is 5.65 Å². The van der Waals surface area contributed by atoms with Gasteiger partial charge in [0.25, 0.3) is 5.91 Å². The number of aromatic nitrogens is 3. The number of nitrogens with zero attached hydrogens (tertiary/aromatic N) is 5. The van der Waals surface area contributed by atoms with Gasteiger partial charge in [-0.2, -0.15) is 5.10 Å². The Balaban J connectivity index is 1.69. The predicted octanol–water partition coefficient (Wildman–Crippen LogP) is 3.13. The highest BCUT2D eigenvalue weighted by molar-refractivity contribution is 7.92. The Hall–Kier alpha value is -2.89. The molecule has 4 rings (SSSR count). The van der Waals surface area contributed by atoms with Crippen molar-refractivity contribution in [1.29, 1.82) is 0 Å². The first-order chi connectivity index (χ1) is 16.9. The van der Waals surface area contributed by atoms with Gasteiger partial charge in [-0.15, -0.1) is 0 Å². The lowest BCUT2D eigenvalue weighted by Crippen LogP contribution is -2.32. The molecule has 1 saturated heterocycles. The number of anilines is 2. The second-order valence-corrected chi connectivity index (χ2v) is 11.7. The average Bonchev–Trinajstić information content (AvgIpc) is 3.39. The number of nitrogens with one attached hydrogen (secondary N) is 1. The molecule has 0 unspecified atom stereocenters. The van der Waals surface area contributed by atoms with E-state index in [0.29, 0.717) is 17.8 Å². The zero-order valence-electron chi connectivity index (χ0n) is 21.1. The van der Waals surface area contributed by atoms with Crippen LogP contribution in [0.25, 0.3) is 5.65 Å². The molecule has 0 saturated carbocycles. The van der Waals surface area contributed by atoms with Crippen LogP contribution < -0.4 is 15.4 Å². The molecule has 36 heavy (non-hydrogen) atoms. The molecule has 3 N–H and O–H groups in total. The lowest BCUT2D eigenvalue weighted by atomic mass is 10.1. The Morgan fingerprint density at radius 1 is 1.33 bits per heavy atom. The SMILES string of the molecule is CC[C@@H](c1cc2nc(N3CC[C@H](N)C3)c(C)cn2n1)N(C)C(=O)c1cc(C)cc(Cl)c1NS(C)(=O)=O. The summed E-state index contributed by atoms with van der Waals surface area (Å²) in [6.45, 7) is 7.39. The van der Waals surface area contributed by atoms with Gasteiger partial charge in [-0.25, -0.2) is 17.9 Å². The fraction of sp³-hybridized carbons (Fsp3) is 0.458. The minimum absolute atomic E-state index is 0.0669. The summed E-state index contributed by atoms with van der Waals surface area (Å²) in [6, 6.07) is 4.91. The number of carbonyl (C=O) groups is 1. The molecule has 12 heteroatoms. The van der Waals surface area contributed by atoms with E-state index >= 15 is 0 Å². The number of aryl methyl sites for hydroxylation is 2. The smallest absolute Gasteiger partial charge is 0.256 e. The van der Waals surface area contributed by atoms with E-state index in [1.807, 2.05) is 26.1 Å². The van der Waals surface area contributed by atoms with Crippen LogP contribution in [0.5, 0.6) is 0 Å². The van der Waals surface area contributed by atoms with Crippen molar-refractivity contribution in [3.8, 4) is 0 Å². The molecule has 0 aliphatic carbocycles. The minimum atomic E-state index is -3.65. The van der Waals surface area contributed by atoms with Gasteiger partial charge in [-0.05, 0) is 44.4 Å². The van der Waals surface area contributed by atoms with Crippen LogP contribution in [0.2, 0.25) is 5.02 Å². The lowest BCUT2D eigenvalue weighted by Gasteiger charge is -2.27. The molecule has 3 heterocycles. The summed E-state index contributed by atoms with van der Waals surface area (Å²) in [5.41, 5.74) is 9.44. The van der Waals surface area contributed by atoms with Crippen LogP contribution in [0.3, 0.4) is 0 Å². The third-order valence-corrected chi connectivity index (χ3v) is 7.29. The highest BCUT2D eigenvalue weighted by Gasteiger charge is 2.28. The lowest BCUT2D eigenvalue weighted by molar-refractivity contribution is 0.0723. The number of rotatable bonds is 7. The topological polar surface area (TPSA) is 126 Å². The van der Waals surface area contributed by atoms with Gasteiger partial charge in [0.05, 0.1) is 34.3 Å². The monoisotopic (exact) mass is 533 g/mol. The standard InChI is InChI=1S/C24H32ClN7O3S/c1-6-20(30(4)24(33)17-9-14(2)10-18(25)22(17)29-36(5,34)35)19-11-21-27-23(15(3)12-32(21)28-19)31-8-7-16(26)13-31/h9-12,16,20,29H,6-8,13,26H2,1-5H3/t16-,20-/m0/s1. The van der Waals surface area contributed by atoms with E-state index in [2.05, 4.69) is 9.62 Å². The van der Waals surface area contributed by atoms with Gasteiger partial charge in [0, 0.05) is 44.0 Å². The van der Waals surface area contributed by atoms with E-state index in [1.165, 1.54) is 0 Å². The summed E-state index contributed by atoms with van der Waals surface area (Å²) in [4.78, 5) is 22.2. The van der Waals surface area contributed by atoms with Gasteiger partial charge in [-0.1, -0.05) is 18.5 Å². The van der Waals surface area contributed by atoms with Crippen molar-refractivity contribution in [2.45, 2.75) is 45.7 Å². The zero-order chi connectivity index (χ0) is 26.4. The van der Waals surface area contributed by atoms with E-state index in [-0.39, 0.29) is 34.3 Å². The van der Waals surface area contributed by atoms with Crippen LogP contribution in [0, 0.1) is 13.8 Å². The molecule has 194 valence electrons. The Labute approximate surface area is 216 Å². The van der Waals surface area contributed by atoms with Gasteiger partial charge < -0.3 is 15.5 Å². The summed E-state index contributed by atoms with van der Waals surface area (Å²) >= 11 is 6.33. The zero-order valence-corrected chi connectivity index (χ0v) is 22.7. The largest absolute Gasteiger partial charge is 0.355 e. The minimum Gasteiger partial charge on any atom is -0.355 e. The van der Waals surface area contributed by atoms with Crippen molar-refractivity contribution >= 4 is 44.7 Å². The molecule has 0 spiro atoms. The second-order valence-electron chi connectivity index (χ2n) is 9.50. The van der Waals surface area contributed by atoms with Crippen LogP contribution in [-0.4, -0.2) is 66.3 Å². The molecule has 3 aromatic rings. The molecule has 1 aromatic carbocycles. The normalized spacial score (nSPS) is 17.0. The summed E-state index contributed by atoms with van der Waals surface area (Å²) < 4.78 is 28.0. The van der Waals surface area contributed by atoms with Gasteiger partial charge in [0.1, 0.15) is 5.82 Å². The maximum atomic E-state index is 13.6. The average molecular weight is 534 g/mol. The summed E-state index contributed by atoms with van der Waals surface area (Å²) in [5.74, 6) is 0.525. The van der Waals surface area contributed by atoms with Crippen LogP contribution in [0.15, 0.2) is 24.4 Å². The van der Waals surface area contributed by atoms with E-state index in [0.717, 1.165) is 42.7 Å². The number of hydrogen-bond acceptors (Lipinski definition) is 7. The molecule has 1 aliphatic heterocycles. The summed E-state index contributed by atoms with van der Waals surface area (Å²) in [7, 11) is -1.97. The Bertz CT molecular complexity index is 1420. The number of hydrogen-bond donors (Lipinski definition) is 2. The van der Waals surface area contributed by atoms with Crippen molar-refractivity contribution < 1.29 is 13.2 Å². The predicted molar refractivity (Wildman–Crippen MR) is 142 cm³/mol.